The van der Waals surface area contributed by atoms with E-state index in [1.165, 1.54) is 42.7 Å². The van der Waals surface area contributed by atoms with E-state index in [2.05, 4.69) is 10.3 Å². The van der Waals surface area contributed by atoms with Gasteiger partial charge in [0.2, 0.25) is 0 Å². The highest BCUT2D eigenvalue weighted by molar-refractivity contribution is 6.34. The molecule has 8 nitrogen and oxygen atoms in total. The number of nitrogen functional groups attached to an aromatic ring is 1. The second kappa shape index (κ2) is 9.20. The fourth-order valence-corrected chi connectivity index (χ4v) is 3.19. The minimum Gasteiger partial charge on any atom is -0.507 e. The number of hydrogen-bond acceptors (Lipinski definition) is 6. The molecule has 0 unspecified atom stereocenters. The Balaban J connectivity index is 1.59. The lowest BCUT2D eigenvalue weighted by Crippen LogP contribution is -2.28. The molecule has 2 heterocycles. The Morgan fingerprint density at radius 2 is 1.82 bits per heavy atom. The van der Waals surface area contributed by atoms with Crippen molar-refractivity contribution < 1.29 is 23.4 Å². The lowest BCUT2D eigenvalue weighted by atomic mass is 10.2. The molecule has 4 N–H and O–H groups in total. The summed E-state index contributed by atoms with van der Waals surface area (Å²) in [6, 6.07) is 11.0. The van der Waals surface area contributed by atoms with Gasteiger partial charge in [0.05, 0.1) is 0 Å². The summed E-state index contributed by atoms with van der Waals surface area (Å²) in [5, 5.41) is 12.5. The first-order valence-corrected chi connectivity index (χ1v) is 10.0. The standard InChI is InChI=1S/C23H15ClF2N4O4/c24-20-18(7-9-28-21(20)27)34-17-6-3-13(11-15(17)26)29-22(32)19-16(31)8-10-30(23(19)33)14-4-1-12(25)2-5-14/h1-11,31H,(H2,27,28)(H,29,32). The van der Waals surface area contributed by atoms with Crippen LogP contribution in [0.4, 0.5) is 20.3 Å². The Bertz CT molecular complexity index is 1460. The van der Waals surface area contributed by atoms with Gasteiger partial charge in [-0.3, -0.25) is 14.2 Å². The van der Waals surface area contributed by atoms with Gasteiger partial charge in [0.15, 0.2) is 17.3 Å². The Hall–Kier alpha value is -4.44. The number of amides is 1. The van der Waals surface area contributed by atoms with E-state index in [0.717, 1.165) is 28.8 Å². The van der Waals surface area contributed by atoms with Crippen LogP contribution in [0.5, 0.6) is 17.2 Å². The minimum absolute atomic E-state index is 0.00817. The molecule has 2 aromatic heterocycles. The van der Waals surface area contributed by atoms with E-state index in [1.54, 1.807) is 0 Å². The molecule has 0 spiro atoms. The molecule has 0 aliphatic rings. The molecule has 2 aromatic carbocycles. The quantitative estimate of drug-likeness (QED) is 0.384. The van der Waals surface area contributed by atoms with Crippen molar-refractivity contribution in [2.75, 3.05) is 11.1 Å². The number of ether oxygens (including phenoxy) is 1. The number of carbonyl (C=O) groups is 1. The lowest BCUT2D eigenvalue weighted by molar-refractivity contribution is 0.102. The number of pyridine rings is 2. The molecule has 1 amide bonds. The third-order valence-corrected chi connectivity index (χ3v) is 5.07. The van der Waals surface area contributed by atoms with E-state index in [-0.39, 0.29) is 33.7 Å². The molecule has 0 fully saturated rings. The number of anilines is 2. The number of carbonyl (C=O) groups excluding carboxylic acids is 1. The molecular weight excluding hydrogens is 470 g/mol. The molecule has 0 aliphatic carbocycles. The topological polar surface area (TPSA) is 119 Å². The normalized spacial score (nSPS) is 10.7. The number of nitrogens with zero attached hydrogens (tertiary/aromatic N) is 2. The zero-order valence-electron chi connectivity index (χ0n) is 17.1. The fraction of sp³-hybridized carbons (Fsp3) is 0. The van der Waals surface area contributed by atoms with Gasteiger partial charge < -0.3 is 20.9 Å². The molecule has 4 aromatic rings. The van der Waals surface area contributed by atoms with Crippen molar-refractivity contribution in [3.8, 4) is 22.9 Å². The monoisotopic (exact) mass is 484 g/mol. The van der Waals surface area contributed by atoms with Crippen molar-refractivity contribution >= 4 is 29.0 Å². The number of halogens is 3. The number of aromatic nitrogens is 2. The van der Waals surface area contributed by atoms with Crippen LogP contribution >= 0.6 is 11.6 Å². The Kier molecular flexibility index (Phi) is 6.15. The minimum atomic E-state index is -0.975. The van der Waals surface area contributed by atoms with Crippen LogP contribution in [0.2, 0.25) is 5.02 Å². The molecule has 0 bridgehead atoms. The van der Waals surface area contributed by atoms with Crippen LogP contribution < -0.4 is 21.3 Å². The second-order valence-corrected chi connectivity index (χ2v) is 7.32. The van der Waals surface area contributed by atoms with Gasteiger partial charge in [-0.1, -0.05) is 11.6 Å². The summed E-state index contributed by atoms with van der Waals surface area (Å²) in [4.78, 5) is 29.3. The summed E-state index contributed by atoms with van der Waals surface area (Å²) in [5.41, 5.74) is 4.44. The second-order valence-electron chi connectivity index (χ2n) is 6.94. The maximum Gasteiger partial charge on any atom is 0.271 e. The number of hydrogen-bond donors (Lipinski definition) is 3. The van der Waals surface area contributed by atoms with Crippen LogP contribution in [0.1, 0.15) is 10.4 Å². The van der Waals surface area contributed by atoms with Crippen molar-refractivity contribution in [3.63, 3.8) is 0 Å². The van der Waals surface area contributed by atoms with Crippen LogP contribution in [0.3, 0.4) is 0 Å². The molecule has 172 valence electrons. The Morgan fingerprint density at radius 1 is 1.09 bits per heavy atom. The van der Waals surface area contributed by atoms with Gasteiger partial charge in [-0.15, -0.1) is 0 Å². The van der Waals surface area contributed by atoms with E-state index in [1.807, 2.05) is 0 Å². The molecule has 0 saturated heterocycles. The van der Waals surface area contributed by atoms with E-state index in [9.17, 15) is 23.5 Å². The highest BCUT2D eigenvalue weighted by atomic mass is 35.5. The largest absolute Gasteiger partial charge is 0.507 e. The average molecular weight is 485 g/mol. The van der Waals surface area contributed by atoms with Crippen LogP contribution in [-0.4, -0.2) is 20.6 Å². The maximum absolute atomic E-state index is 14.6. The summed E-state index contributed by atoms with van der Waals surface area (Å²) in [6.45, 7) is 0. The van der Waals surface area contributed by atoms with Gasteiger partial charge in [0, 0.05) is 35.9 Å². The van der Waals surface area contributed by atoms with E-state index in [4.69, 9.17) is 22.1 Å². The Morgan fingerprint density at radius 3 is 2.53 bits per heavy atom. The van der Waals surface area contributed by atoms with Gasteiger partial charge >= 0.3 is 0 Å². The Labute approximate surface area is 195 Å². The summed E-state index contributed by atoms with van der Waals surface area (Å²) in [7, 11) is 0. The molecule has 34 heavy (non-hydrogen) atoms. The molecule has 4 rings (SSSR count). The number of benzene rings is 2. The van der Waals surface area contributed by atoms with Crippen LogP contribution in [0.25, 0.3) is 5.69 Å². The predicted octanol–water partition coefficient (Wildman–Crippen LogP) is 4.50. The van der Waals surface area contributed by atoms with Crippen molar-refractivity contribution in [3.05, 3.63) is 99.6 Å². The number of nitrogens with one attached hydrogen (secondary N) is 1. The van der Waals surface area contributed by atoms with E-state index >= 15 is 0 Å². The number of aromatic hydroxyl groups is 1. The number of nitrogens with two attached hydrogens (primary N) is 1. The van der Waals surface area contributed by atoms with Crippen LogP contribution in [-0.2, 0) is 0 Å². The summed E-state index contributed by atoms with van der Waals surface area (Å²) in [5.74, 6) is -3.00. The number of rotatable bonds is 5. The smallest absolute Gasteiger partial charge is 0.271 e. The molecule has 0 radical (unpaired) electrons. The van der Waals surface area contributed by atoms with E-state index < -0.39 is 34.4 Å². The summed E-state index contributed by atoms with van der Waals surface area (Å²) in [6.07, 6.45) is 2.58. The van der Waals surface area contributed by atoms with E-state index in [0.29, 0.717) is 0 Å². The van der Waals surface area contributed by atoms with Crippen molar-refractivity contribution in [1.82, 2.24) is 9.55 Å². The average Bonchev–Trinajstić information content (AvgIpc) is 2.79. The highest BCUT2D eigenvalue weighted by Crippen LogP contribution is 2.34. The van der Waals surface area contributed by atoms with Crippen molar-refractivity contribution in [1.29, 1.82) is 0 Å². The summed E-state index contributed by atoms with van der Waals surface area (Å²) >= 11 is 5.99. The van der Waals surface area contributed by atoms with Gasteiger partial charge in [0.25, 0.3) is 11.5 Å². The molecule has 0 aliphatic heterocycles. The van der Waals surface area contributed by atoms with Crippen LogP contribution in [0, 0.1) is 11.6 Å². The maximum atomic E-state index is 14.6. The van der Waals surface area contributed by atoms with Gasteiger partial charge in [-0.2, -0.15) is 0 Å². The van der Waals surface area contributed by atoms with Gasteiger partial charge in [-0.05, 0) is 42.5 Å². The lowest BCUT2D eigenvalue weighted by Gasteiger charge is -2.12. The zero-order chi connectivity index (χ0) is 24.4. The third kappa shape index (κ3) is 4.52. The first kappa shape index (κ1) is 22.7. The summed E-state index contributed by atoms with van der Waals surface area (Å²) < 4.78 is 34.3. The van der Waals surface area contributed by atoms with Gasteiger partial charge in [-0.25, -0.2) is 13.8 Å². The fourth-order valence-electron chi connectivity index (χ4n) is 3.04. The first-order chi connectivity index (χ1) is 16.2. The highest BCUT2D eigenvalue weighted by Gasteiger charge is 2.20. The molecule has 11 heteroatoms. The molecular formula is C23H15ClF2N4O4. The van der Waals surface area contributed by atoms with Gasteiger partial charge in [0.1, 0.15) is 28.0 Å². The van der Waals surface area contributed by atoms with Crippen molar-refractivity contribution in [2.45, 2.75) is 0 Å². The SMILES string of the molecule is Nc1nccc(Oc2ccc(NC(=O)c3c(O)ccn(-c4ccc(F)cc4)c3=O)cc2F)c1Cl. The predicted molar refractivity (Wildman–Crippen MR) is 122 cm³/mol. The molecule has 0 saturated carbocycles. The zero-order valence-corrected chi connectivity index (χ0v) is 17.9. The third-order valence-electron chi connectivity index (χ3n) is 4.69. The van der Waals surface area contributed by atoms with Crippen molar-refractivity contribution in [2.24, 2.45) is 0 Å². The first-order valence-electron chi connectivity index (χ1n) is 9.64. The van der Waals surface area contributed by atoms with Crippen LogP contribution in [0.15, 0.2) is 71.8 Å². The molecule has 0 atom stereocenters.